The summed E-state index contributed by atoms with van der Waals surface area (Å²) >= 11 is 6.21. The van der Waals surface area contributed by atoms with Gasteiger partial charge in [-0.3, -0.25) is 9.10 Å². The van der Waals surface area contributed by atoms with Gasteiger partial charge in [-0.15, -0.1) is 0 Å². The number of nitrogens with zero attached hydrogens (tertiary/aromatic N) is 1. The Morgan fingerprint density at radius 3 is 2.17 bits per heavy atom. The number of nitrogens with one attached hydrogen (secondary N) is 1. The number of carbonyl (C=O) groups is 1. The lowest BCUT2D eigenvalue weighted by molar-refractivity contribution is -0.123. The Labute approximate surface area is 179 Å². The second kappa shape index (κ2) is 9.63. The molecule has 29 heavy (non-hydrogen) atoms. The molecule has 2 aromatic carbocycles. The molecule has 0 aliphatic heterocycles. The van der Waals surface area contributed by atoms with Crippen LogP contribution in [0.3, 0.4) is 0 Å². The topological polar surface area (TPSA) is 66.5 Å². The minimum absolute atomic E-state index is 0.194. The fraction of sp³-hybridized carbons (Fsp3) is 0.409. The molecule has 0 aliphatic rings. The van der Waals surface area contributed by atoms with E-state index >= 15 is 0 Å². The average Bonchev–Trinajstić information content (AvgIpc) is 2.66. The standard InChI is InChI=1S/C22H29ClN2O3S/c1-6-20(17-11-8-15(3)9-12-17)24-22(26)21(7-2)25(29(5,27)28)18-13-10-16(4)19(23)14-18/h8-14,20-21H,6-7H2,1-5H3,(H,24,26). The summed E-state index contributed by atoms with van der Waals surface area (Å²) in [6.07, 6.45) is 2.13. The molecule has 2 atom stereocenters. The number of anilines is 1. The van der Waals surface area contributed by atoms with Gasteiger partial charge < -0.3 is 5.32 Å². The zero-order valence-electron chi connectivity index (χ0n) is 17.6. The molecule has 2 unspecified atom stereocenters. The van der Waals surface area contributed by atoms with E-state index in [1.807, 2.05) is 45.0 Å². The van der Waals surface area contributed by atoms with E-state index in [9.17, 15) is 13.2 Å². The van der Waals surface area contributed by atoms with Crippen molar-refractivity contribution in [3.05, 3.63) is 64.2 Å². The number of rotatable bonds is 8. The van der Waals surface area contributed by atoms with E-state index in [1.54, 1.807) is 25.1 Å². The molecule has 0 aliphatic carbocycles. The van der Waals surface area contributed by atoms with Crippen LogP contribution in [0.25, 0.3) is 0 Å². The van der Waals surface area contributed by atoms with E-state index in [0.29, 0.717) is 23.6 Å². The van der Waals surface area contributed by atoms with Gasteiger partial charge in [-0.25, -0.2) is 8.42 Å². The number of benzene rings is 2. The highest BCUT2D eigenvalue weighted by Crippen LogP contribution is 2.28. The molecule has 0 fully saturated rings. The van der Waals surface area contributed by atoms with Crippen LogP contribution in [0.2, 0.25) is 5.02 Å². The number of halogens is 1. The van der Waals surface area contributed by atoms with Crippen molar-refractivity contribution in [2.24, 2.45) is 0 Å². The summed E-state index contributed by atoms with van der Waals surface area (Å²) < 4.78 is 26.4. The van der Waals surface area contributed by atoms with E-state index in [-0.39, 0.29) is 11.9 Å². The first-order chi connectivity index (χ1) is 13.6. The maximum absolute atomic E-state index is 13.1. The van der Waals surface area contributed by atoms with Gasteiger partial charge in [0.1, 0.15) is 6.04 Å². The lowest BCUT2D eigenvalue weighted by atomic mass is 10.0. The third kappa shape index (κ3) is 5.73. The van der Waals surface area contributed by atoms with Crippen molar-refractivity contribution in [2.75, 3.05) is 10.6 Å². The summed E-state index contributed by atoms with van der Waals surface area (Å²) in [6.45, 7) is 7.63. The van der Waals surface area contributed by atoms with Gasteiger partial charge in [0.2, 0.25) is 15.9 Å². The fourth-order valence-corrected chi connectivity index (χ4v) is 4.65. The maximum Gasteiger partial charge on any atom is 0.244 e. The fourth-order valence-electron chi connectivity index (χ4n) is 3.27. The van der Waals surface area contributed by atoms with Crippen molar-refractivity contribution < 1.29 is 13.2 Å². The highest BCUT2D eigenvalue weighted by atomic mass is 35.5. The summed E-state index contributed by atoms with van der Waals surface area (Å²) in [5.41, 5.74) is 3.35. The second-order valence-corrected chi connectivity index (χ2v) is 9.56. The van der Waals surface area contributed by atoms with E-state index < -0.39 is 16.1 Å². The van der Waals surface area contributed by atoms with Crippen LogP contribution in [-0.2, 0) is 14.8 Å². The van der Waals surface area contributed by atoms with Crippen LogP contribution in [0.4, 0.5) is 5.69 Å². The van der Waals surface area contributed by atoms with Gasteiger partial charge in [-0.2, -0.15) is 0 Å². The zero-order valence-corrected chi connectivity index (χ0v) is 19.1. The van der Waals surface area contributed by atoms with Gasteiger partial charge in [0.25, 0.3) is 0 Å². The van der Waals surface area contributed by atoms with Crippen molar-refractivity contribution in [1.29, 1.82) is 0 Å². The van der Waals surface area contributed by atoms with Crippen LogP contribution in [-0.4, -0.2) is 26.6 Å². The van der Waals surface area contributed by atoms with Crippen LogP contribution in [0.1, 0.15) is 49.4 Å². The molecule has 2 aromatic rings. The Morgan fingerprint density at radius 2 is 1.69 bits per heavy atom. The molecule has 5 nitrogen and oxygen atoms in total. The Kier molecular flexibility index (Phi) is 7.72. The molecule has 1 amide bonds. The Bertz CT molecular complexity index is 959. The van der Waals surface area contributed by atoms with Gasteiger partial charge >= 0.3 is 0 Å². The molecular weight excluding hydrogens is 408 g/mol. The quantitative estimate of drug-likeness (QED) is 0.648. The SMILES string of the molecule is CCC(NC(=O)C(CC)N(c1ccc(C)c(Cl)c1)S(C)(=O)=O)c1ccc(C)cc1. The largest absolute Gasteiger partial charge is 0.347 e. The lowest BCUT2D eigenvalue weighted by Gasteiger charge is -2.31. The third-order valence-electron chi connectivity index (χ3n) is 4.94. The summed E-state index contributed by atoms with van der Waals surface area (Å²) in [5.74, 6) is -0.331. The minimum atomic E-state index is -3.70. The lowest BCUT2D eigenvalue weighted by Crippen LogP contribution is -2.50. The number of aryl methyl sites for hydroxylation is 2. The first-order valence-electron chi connectivity index (χ1n) is 9.71. The third-order valence-corrected chi connectivity index (χ3v) is 6.53. The van der Waals surface area contributed by atoms with Gasteiger partial charge in [0, 0.05) is 5.02 Å². The predicted octanol–water partition coefficient (Wildman–Crippen LogP) is 4.77. The molecular formula is C22H29ClN2O3S. The summed E-state index contributed by atoms with van der Waals surface area (Å²) in [4.78, 5) is 13.1. The normalized spacial score (nSPS) is 13.6. The monoisotopic (exact) mass is 436 g/mol. The summed E-state index contributed by atoms with van der Waals surface area (Å²) in [6, 6.07) is 11.9. The molecule has 1 N–H and O–H groups in total. The van der Waals surface area contributed by atoms with Crippen molar-refractivity contribution in [3.63, 3.8) is 0 Å². The Morgan fingerprint density at radius 1 is 1.07 bits per heavy atom. The number of hydrogen-bond donors (Lipinski definition) is 1. The maximum atomic E-state index is 13.1. The van der Waals surface area contributed by atoms with Crippen LogP contribution in [0, 0.1) is 13.8 Å². The van der Waals surface area contributed by atoms with Crippen molar-refractivity contribution >= 4 is 33.2 Å². The number of amides is 1. The van der Waals surface area contributed by atoms with Gasteiger partial charge in [0.15, 0.2) is 0 Å². The van der Waals surface area contributed by atoms with Gasteiger partial charge in [-0.1, -0.05) is 61.3 Å². The predicted molar refractivity (Wildman–Crippen MR) is 120 cm³/mol. The van der Waals surface area contributed by atoms with Crippen LogP contribution in [0.15, 0.2) is 42.5 Å². The molecule has 0 spiro atoms. The smallest absolute Gasteiger partial charge is 0.244 e. The van der Waals surface area contributed by atoms with Gasteiger partial charge in [-0.05, 0) is 49.9 Å². The Balaban J connectivity index is 2.36. The van der Waals surface area contributed by atoms with Gasteiger partial charge in [0.05, 0.1) is 18.0 Å². The minimum Gasteiger partial charge on any atom is -0.347 e. The number of carbonyl (C=O) groups excluding carboxylic acids is 1. The summed E-state index contributed by atoms with van der Waals surface area (Å²) in [5, 5.41) is 3.48. The number of sulfonamides is 1. The molecule has 0 saturated carbocycles. The molecule has 0 saturated heterocycles. The first-order valence-corrected chi connectivity index (χ1v) is 11.9. The molecule has 0 aromatic heterocycles. The van der Waals surface area contributed by atoms with E-state index in [4.69, 9.17) is 11.6 Å². The van der Waals surface area contributed by atoms with Crippen molar-refractivity contribution in [1.82, 2.24) is 5.32 Å². The van der Waals surface area contributed by atoms with Crippen LogP contribution >= 0.6 is 11.6 Å². The molecule has 158 valence electrons. The van der Waals surface area contributed by atoms with E-state index in [2.05, 4.69) is 5.32 Å². The molecule has 2 rings (SSSR count). The zero-order chi connectivity index (χ0) is 21.8. The molecule has 7 heteroatoms. The Hall–Kier alpha value is -2.05. The molecule has 0 bridgehead atoms. The first kappa shape index (κ1) is 23.2. The highest BCUT2D eigenvalue weighted by molar-refractivity contribution is 7.92. The highest BCUT2D eigenvalue weighted by Gasteiger charge is 2.32. The van der Waals surface area contributed by atoms with Crippen LogP contribution < -0.4 is 9.62 Å². The average molecular weight is 437 g/mol. The molecule has 0 heterocycles. The van der Waals surface area contributed by atoms with Crippen LogP contribution in [0.5, 0.6) is 0 Å². The number of hydrogen-bond acceptors (Lipinski definition) is 3. The van der Waals surface area contributed by atoms with E-state index in [1.165, 1.54) is 0 Å². The van der Waals surface area contributed by atoms with Crippen molar-refractivity contribution in [3.8, 4) is 0 Å². The van der Waals surface area contributed by atoms with E-state index in [0.717, 1.165) is 27.3 Å². The second-order valence-electron chi connectivity index (χ2n) is 7.30. The van der Waals surface area contributed by atoms with Crippen molar-refractivity contribution in [2.45, 2.75) is 52.6 Å². The molecule has 0 radical (unpaired) electrons. The summed E-state index contributed by atoms with van der Waals surface area (Å²) in [7, 11) is -3.70.